The minimum atomic E-state index is 0.0105. The van der Waals surface area contributed by atoms with Gasteiger partial charge >= 0.3 is 0 Å². The van der Waals surface area contributed by atoms with Gasteiger partial charge in [0.2, 0.25) is 5.13 Å². The third-order valence-electron chi connectivity index (χ3n) is 6.48. The van der Waals surface area contributed by atoms with E-state index in [1.165, 1.54) is 16.0 Å². The van der Waals surface area contributed by atoms with Crippen molar-refractivity contribution < 1.29 is 9.47 Å². The van der Waals surface area contributed by atoms with Gasteiger partial charge in [-0.05, 0) is 40.3 Å². The summed E-state index contributed by atoms with van der Waals surface area (Å²) in [6.45, 7) is 0. The van der Waals surface area contributed by atoms with Crippen LogP contribution in [0.25, 0.3) is 22.4 Å². The van der Waals surface area contributed by atoms with Crippen LogP contribution >= 0.6 is 22.7 Å². The molecule has 5 nitrogen and oxygen atoms in total. The van der Waals surface area contributed by atoms with Gasteiger partial charge in [-0.15, -0.1) is 22.7 Å². The van der Waals surface area contributed by atoms with Crippen LogP contribution < -0.4 is 14.5 Å². The Labute approximate surface area is 224 Å². The number of rotatable bonds is 7. The SMILES string of the molecule is COc1ccc(C2CC(c3cccs3)=NN2c2nc(-c3ccc(-c4ccccc4)cc3)cs2)cc1OC. The number of hydrogen-bond donors (Lipinski definition) is 0. The number of benzene rings is 3. The predicted octanol–water partition coefficient (Wildman–Crippen LogP) is 7.91. The van der Waals surface area contributed by atoms with Gasteiger partial charge in [0.25, 0.3) is 0 Å². The molecule has 1 atom stereocenters. The molecule has 1 aliphatic heterocycles. The summed E-state index contributed by atoms with van der Waals surface area (Å²) in [6.07, 6.45) is 0.788. The lowest BCUT2D eigenvalue weighted by Gasteiger charge is -2.22. The summed E-state index contributed by atoms with van der Waals surface area (Å²) < 4.78 is 11.0. The van der Waals surface area contributed by atoms with Gasteiger partial charge in [-0.2, -0.15) is 5.10 Å². The minimum absolute atomic E-state index is 0.0105. The van der Waals surface area contributed by atoms with E-state index in [1.54, 1.807) is 36.9 Å². The molecule has 7 heteroatoms. The third-order valence-corrected chi connectivity index (χ3v) is 8.23. The van der Waals surface area contributed by atoms with Gasteiger partial charge in [0, 0.05) is 17.4 Å². The number of hydrazone groups is 1. The lowest BCUT2D eigenvalue weighted by atomic mass is 10.0. The van der Waals surface area contributed by atoms with Crippen LogP contribution in [0.5, 0.6) is 11.5 Å². The van der Waals surface area contributed by atoms with Gasteiger partial charge in [-0.25, -0.2) is 9.99 Å². The Morgan fingerprint density at radius 2 is 1.54 bits per heavy atom. The summed E-state index contributed by atoms with van der Waals surface area (Å²) in [4.78, 5) is 6.20. The Bertz CT molecular complexity index is 1530. The van der Waals surface area contributed by atoms with Gasteiger partial charge < -0.3 is 9.47 Å². The first kappa shape index (κ1) is 23.5. The Kier molecular flexibility index (Phi) is 6.47. The van der Waals surface area contributed by atoms with Crippen LogP contribution in [0.4, 0.5) is 5.13 Å². The Morgan fingerprint density at radius 1 is 0.784 bits per heavy atom. The van der Waals surface area contributed by atoms with Crippen molar-refractivity contribution in [1.82, 2.24) is 4.98 Å². The Hall–Kier alpha value is -3.94. The second-order valence-electron chi connectivity index (χ2n) is 8.66. The molecule has 6 rings (SSSR count). The van der Waals surface area contributed by atoms with Gasteiger partial charge in [0.15, 0.2) is 11.5 Å². The number of anilines is 1. The van der Waals surface area contributed by atoms with Crippen molar-refractivity contribution in [3.8, 4) is 33.9 Å². The zero-order chi connectivity index (χ0) is 25.2. The van der Waals surface area contributed by atoms with Crippen molar-refractivity contribution in [2.75, 3.05) is 19.2 Å². The lowest BCUT2D eigenvalue weighted by Crippen LogP contribution is -2.18. The number of hydrogen-bond acceptors (Lipinski definition) is 7. The van der Waals surface area contributed by atoms with Crippen molar-refractivity contribution in [2.45, 2.75) is 12.5 Å². The monoisotopic (exact) mass is 523 g/mol. The first-order chi connectivity index (χ1) is 18.2. The standard InChI is InChI=1S/C30H25N3O2S2/c1-34-27-15-14-23(17-28(27)35-2)26-18-24(29-9-6-16-36-29)32-33(26)30-31-25(19-37-30)22-12-10-21(11-13-22)20-7-4-3-5-8-20/h3-17,19,26H,18H2,1-2H3. The molecule has 3 heterocycles. The summed E-state index contributed by atoms with van der Waals surface area (Å²) in [7, 11) is 3.32. The van der Waals surface area contributed by atoms with Crippen molar-refractivity contribution in [3.05, 3.63) is 106 Å². The summed E-state index contributed by atoms with van der Waals surface area (Å²) in [6, 6.07) is 29.3. The lowest BCUT2D eigenvalue weighted by molar-refractivity contribution is 0.354. The number of methoxy groups -OCH3 is 2. The van der Waals surface area contributed by atoms with Crippen LogP contribution in [0.1, 0.15) is 22.9 Å². The van der Waals surface area contributed by atoms with Crippen molar-refractivity contribution in [2.24, 2.45) is 5.10 Å². The molecule has 2 aromatic heterocycles. The summed E-state index contributed by atoms with van der Waals surface area (Å²) in [5.41, 5.74) is 6.61. The quantitative estimate of drug-likeness (QED) is 0.217. The topological polar surface area (TPSA) is 47.0 Å². The second kappa shape index (κ2) is 10.2. The number of thiophene rings is 1. The molecule has 0 radical (unpaired) electrons. The summed E-state index contributed by atoms with van der Waals surface area (Å²) in [5.74, 6) is 1.42. The first-order valence-electron chi connectivity index (χ1n) is 12.0. The molecule has 0 saturated heterocycles. The van der Waals surface area contributed by atoms with Crippen molar-refractivity contribution in [3.63, 3.8) is 0 Å². The van der Waals surface area contributed by atoms with E-state index in [0.717, 1.165) is 34.1 Å². The molecule has 0 fully saturated rings. The predicted molar refractivity (Wildman–Crippen MR) is 153 cm³/mol. The molecule has 0 N–H and O–H groups in total. The van der Waals surface area contributed by atoms with Gasteiger partial charge in [0.1, 0.15) is 0 Å². The van der Waals surface area contributed by atoms with Crippen LogP contribution in [0.15, 0.2) is 101 Å². The van der Waals surface area contributed by atoms with E-state index >= 15 is 0 Å². The van der Waals surface area contributed by atoms with Crippen molar-refractivity contribution >= 4 is 33.5 Å². The highest BCUT2D eigenvalue weighted by atomic mass is 32.1. The van der Waals surface area contributed by atoms with Crippen LogP contribution in [-0.4, -0.2) is 24.9 Å². The van der Waals surface area contributed by atoms with Crippen LogP contribution in [0.2, 0.25) is 0 Å². The molecule has 0 saturated carbocycles. The number of ether oxygens (including phenoxy) is 2. The minimum Gasteiger partial charge on any atom is -0.493 e. The van der Waals surface area contributed by atoms with E-state index in [9.17, 15) is 0 Å². The summed E-state index contributed by atoms with van der Waals surface area (Å²) in [5, 5.41) is 12.2. The molecule has 3 aromatic carbocycles. The molecule has 1 aliphatic rings. The average molecular weight is 524 g/mol. The maximum absolute atomic E-state index is 5.59. The molecular weight excluding hydrogens is 498 g/mol. The second-order valence-corrected chi connectivity index (χ2v) is 10.4. The molecule has 0 amide bonds. The van der Waals surface area contributed by atoms with Gasteiger partial charge in [-0.3, -0.25) is 0 Å². The number of aromatic nitrogens is 1. The fraction of sp³-hybridized carbons (Fsp3) is 0.133. The maximum atomic E-state index is 5.59. The van der Waals surface area contributed by atoms with Crippen LogP contribution in [0.3, 0.4) is 0 Å². The zero-order valence-corrected chi connectivity index (χ0v) is 22.1. The Balaban J connectivity index is 1.33. The third kappa shape index (κ3) is 4.63. The van der Waals surface area contributed by atoms with Crippen LogP contribution in [-0.2, 0) is 0 Å². The van der Waals surface area contributed by atoms with E-state index in [0.29, 0.717) is 11.5 Å². The smallest absolute Gasteiger partial charge is 0.207 e. The molecule has 184 valence electrons. The van der Waals surface area contributed by atoms with E-state index in [4.69, 9.17) is 19.6 Å². The molecule has 0 spiro atoms. The number of nitrogens with zero attached hydrogens (tertiary/aromatic N) is 3. The van der Waals surface area contributed by atoms with E-state index in [1.807, 2.05) is 18.2 Å². The molecular formula is C30H25N3O2S2. The molecule has 0 bridgehead atoms. The van der Waals surface area contributed by atoms with Gasteiger partial charge in [-0.1, -0.05) is 66.7 Å². The maximum Gasteiger partial charge on any atom is 0.207 e. The van der Waals surface area contributed by atoms with Crippen molar-refractivity contribution in [1.29, 1.82) is 0 Å². The number of thiazole rings is 1. The average Bonchev–Trinajstić information content (AvgIpc) is 3.74. The van der Waals surface area contributed by atoms with Gasteiger partial charge in [0.05, 0.1) is 36.5 Å². The molecule has 1 unspecified atom stereocenters. The highest BCUT2D eigenvalue weighted by Gasteiger charge is 2.32. The first-order valence-corrected chi connectivity index (χ1v) is 13.7. The molecule has 37 heavy (non-hydrogen) atoms. The summed E-state index contributed by atoms with van der Waals surface area (Å²) >= 11 is 3.32. The van der Waals surface area contributed by atoms with E-state index < -0.39 is 0 Å². The van der Waals surface area contributed by atoms with E-state index in [-0.39, 0.29) is 6.04 Å². The zero-order valence-electron chi connectivity index (χ0n) is 20.5. The normalized spacial score (nSPS) is 15.0. The van der Waals surface area contributed by atoms with E-state index in [2.05, 4.69) is 82.5 Å². The molecule has 5 aromatic rings. The largest absolute Gasteiger partial charge is 0.493 e. The highest BCUT2D eigenvalue weighted by molar-refractivity contribution is 7.14. The highest BCUT2D eigenvalue weighted by Crippen LogP contribution is 2.42. The Morgan fingerprint density at radius 3 is 2.27 bits per heavy atom. The molecule has 0 aliphatic carbocycles. The van der Waals surface area contributed by atoms with Crippen LogP contribution in [0, 0.1) is 0 Å². The fourth-order valence-corrected chi connectivity index (χ4v) is 6.12. The fourth-order valence-electron chi connectivity index (χ4n) is 4.56.